The summed E-state index contributed by atoms with van der Waals surface area (Å²) in [5, 5.41) is 0. The summed E-state index contributed by atoms with van der Waals surface area (Å²) in [6.45, 7) is 7.24. The monoisotopic (exact) mass is 425 g/mol. The van der Waals surface area contributed by atoms with Crippen molar-refractivity contribution in [2.75, 3.05) is 52.2 Å². The van der Waals surface area contributed by atoms with E-state index in [-0.39, 0.29) is 19.3 Å². The SMILES string of the molecule is CCCCOC(=O)N1CCN(C(=O)[C@@H](N)CP(=O)(OOCC)OOCC)CC1. The summed E-state index contributed by atoms with van der Waals surface area (Å²) in [6, 6.07) is -1.13. The van der Waals surface area contributed by atoms with Crippen molar-refractivity contribution < 1.29 is 38.0 Å². The molecule has 1 fully saturated rings. The van der Waals surface area contributed by atoms with E-state index in [2.05, 4.69) is 0 Å². The molecule has 0 aliphatic carbocycles. The van der Waals surface area contributed by atoms with Crippen LogP contribution in [0.4, 0.5) is 4.79 Å². The normalized spacial score (nSPS) is 16.1. The number of ether oxygens (including phenoxy) is 1. The van der Waals surface area contributed by atoms with Gasteiger partial charge in [-0.05, 0) is 20.3 Å². The van der Waals surface area contributed by atoms with Gasteiger partial charge in [-0.15, -0.1) is 9.35 Å². The molecule has 1 rings (SSSR count). The Kier molecular flexibility index (Phi) is 11.6. The van der Waals surface area contributed by atoms with Gasteiger partial charge in [0, 0.05) is 26.2 Å². The molecule has 164 valence electrons. The fourth-order valence-electron chi connectivity index (χ4n) is 2.40. The number of nitrogens with zero attached hydrogens (tertiary/aromatic N) is 2. The lowest BCUT2D eigenvalue weighted by Gasteiger charge is -2.35. The van der Waals surface area contributed by atoms with Crippen molar-refractivity contribution in [2.24, 2.45) is 5.73 Å². The Labute approximate surface area is 165 Å². The summed E-state index contributed by atoms with van der Waals surface area (Å²) in [5.41, 5.74) is 5.91. The molecule has 0 aromatic heterocycles. The highest BCUT2D eigenvalue weighted by Gasteiger charge is 2.36. The first-order valence-corrected chi connectivity index (χ1v) is 11.3. The Bertz CT molecular complexity index is 516. The molecule has 0 aromatic carbocycles. The predicted octanol–water partition coefficient (Wildman–Crippen LogP) is 1.52. The van der Waals surface area contributed by atoms with Crippen molar-refractivity contribution in [3.05, 3.63) is 0 Å². The van der Waals surface area contributed by atoms with E-state index in [1.165, 1.54) is 4.90 Å². The van der Waals surface area contributed by atoms with Gasteiger partial charge in [-0.25, -0.2) is 14.6 Å². The van der Waals surface area contributed by atoms with Crippen LogP contribution in [-0.4, -0.2) is 80.0 Å². The van der Waals surface area contributed by atoms with Crippen molar-refractivity contribution in [1.82, 2.24) is 9.80 Å². The minimum absolute atomic E-state index is 0.138. The summed E-state index contributed by atoms with van der Waals surface area (Å²) in [7, 11) is -3.86. The second kappa shape index (κ2) is 13.1. The van der Waals surface area contributed by atoms with Gasteiger partial charge < -0.3 is 20.3 Å². The van der Waals surface area contributed by atoms with Crippen LogP contribution >= 0.6 is 7.60 Å². The molecule has 0 aromatic rings. The van der Waals surface area contributed by atoms with Crippen molar-refractivity contribution in [3.8, 4) is 0 Å². The predicted molar refractivity (Wildman–Crippen MR) is 100 cm³/mol. The van der Waals surface area contributed by atoms with Crippen LogP contribution in [0, 0.1) is 0 Å². The lowest BCUT2D eigenvalue weighted by atomic mass is 10.2. The van der Waals surface area contributed by atoms with Gasteiger partial charge in [-0.3, -0.25) is 9.36 Å². The second-order valence-corrected chi connectivity index (χ2v) is 8.03. The Hall–Kier alpha value is -1.23. The van der Waals surface area contributed by atoms with Crippen molar-refractivity contribution in [3.63, 3.8) is 0 Å². The van der Waals surface area contributed by atoms with E-state index in [4.69, 9.17) is 29.6 Å². The fraction of sp³-hybridized carbons (Fsp3) is 0.875. The summed E-state index contributed by atoms with van der Waals surface area (Å²) in [6.07, 6.45) is 0.972. The lowest BCUT2D eigenvalue weighted by molar-refractivity contribution is -0.263. The van der Waals surface area contributed by atoms with Gasteiger partial charge in [-0.1, -0.05) is 13.3 Å². The zero-order chi connectivity index (χ0) is 21.0. The van der Waals surface area contributed by atoms with Gasteiger partial charge in [0.1, 0.15) is 0 Å². The van der Waals surface area contributed by atoms with Crippen LogP contribution in [0.15, 0.2) is 0 Å². The van der Waals surface area contributed by atoms with E-state index in [0.717, 1.165) is 12.8 Å². The number of unbranched alkanes of at least 4 members (excludes halogenated alkanes) is 1. The van der Waals surface area contributed by atoms with Gasteiger partial charge >= 0.3 is 13.7 Å². The maximum Gasteiger partial charge on any atom is 0.409 e. The van der Waals surface area contributed by atoms with Crippen LogP contribution in [0.2, 0.25) is 0 Å². The number of carbonyl (C=O) groups excluding carboxylic acids is 2. The molecule has 28 heavy (non-hydrogen) atoms. The van der Waals surface area contributed by atoms with Crippen LogP contribution in [-0.2, 0) is 33.2 Å². The number of carbonyl (C=O) groups is 2. The van der Waals surface area contributed by atoms with Crippen LogP contribution in [0.25, 0.3) is 0 Å². The highest BCUT2D eigenvalue weighted by molar-refractivity contribution is 7.53. The molecule has 11 nitrogen and oxygen atoms in total. The van der Waals surface area contributed by atoms with Gasteiger partial charge in [0.15, 0.2) is 0 Å². The van der Waals surface area contributed by atoms with Gasteiger partial charge in [0.25, 0.3) is 0 Å². The Morgan fingerprint density at radius 1 is 1.00 bits per heavy atom. The van der Waals surface area contributed by atoms with Crippen LogP contribution in [0.1, 0.15) is 33.6 Å². The minimum atomic E-state index is -3.86. The first-order valence-electron chi connectivity index (χ1n) is 9.54. The highest BCUT2D eigenvalue weighted by Crippen LogP contribution is 2.49. The lowest BCUT2D eigenvalue weighted by Crippen LogP contribution is -2.55. The smallest absolute Gasteiger partial charge is 0.409 e. The molecule has 0 unspecified atom stereocenters. The number of rotatable bonds is 12. The first kappa shape index (κ1) is 24.8. The van der Waals surface area contributed by atoms with Gasteiger partial charge in [0.05, 0.1) is 32.0 Å². The molecule has 1 atom stereocenters. The zero-order valence-electron chi connectivity index (χ0n) is 16.8. The molecule has 1 aliphatic heterocycles. The van der Waals surface area contributed by atoms with Crippen LogP contribution in [0.3, 0.4) is 0 Å². The fourth-order valence-corrected chi connectivity index (χ4v) is 3.71. The van der Waals surface area contributed by atoms with E-state index in [1.807, 2.05) is 6.92 Å². The molecule has 12 heteroatoms. The summed E-state index contributed by atoms with van der Waals surface area (Å²) >= 11 is 0. The Balaban J connectivity index is 2.52. The number of hydrogen-bond donors (Lipinski definition) is 1. The molecule has 1 aliphatic rings. The topological polar surface area (TPSA) is 130 Å². The first-order chi connectivity index (χ1) is 13.4. The third-order valence-corrected chi connectivity index (χ3v) is 5.38. The molecule has 0 spiro atoms. The second-order valence-electron chi connectivity index (χ2n) is 6.14. The minimum Gasteiger partial charge on any atom is -0.449 e. The average Bonchev–Trinajstić information content (AvgIpc) is 2.70. The van der Waals surface area contributed by atoms with Crippen LogP contribution < -0.4 is 5.73 Å². The zero-order valence-corrected chi connectivity index (χ0v) is 17.7. The molecule has 2 amide bonds. The number of amides is 2. The van der Waals surface area contributed by atoms with E-state index in [9.17, 15) is 14.2 Å². The number of hydrogen-bond acceptors (Lipinski definition) is 9. The molecule has 1 saturated heterocycles. The van der Waals surface area contributed by atoms with Gasteiger partial charge in [-0.2, -0.15) is 0 Å². The molecule has 0 radical (unpaired) electrons. The third kappa shape index (κ3) is 8.42. The number of piperazine rings is 1. The van der Waals surface area contributed by atoms with Crippen molar-refractivity contribution in [1.29, 1.82) is 0 Å². The number of nitrogens with two attached hydrogens (primary N) is 1. The maximum atomic E-state index is 12.6. The van der Waals surface area contributed by atoms with E-state index < -0.39 is 25.7 Å². The molecule has 0 bridgehead atoms. The summed E-state index contributed by atoms with van der Waals surface area (Å²) in [5.74, 6) is -0.417. The summed E-state index contributed by atoms with van der Waals surface area (Å²) in [4.78, 5) is 37.0. The highest BCUT2D eigenvalue weighted by atomic mass is 31.2. The quantitative estimate of drug-likeness (QED) is 0.214. The van der Waals surface area contributed by atoms with Gasteiger partial charge in [0.2, 0.25) is 5.91 Å². The molecule has 1 heterocycles. The Morgan fingerprint density at radius 3 is 2.04 bits per heavy atom. The Morgan fingerprint density at radius 2 is 1.54 bits per heavy atom. The average molecular weight is 425 g/mol. The largest absolute Gasteiger partial charge is 0.449 e. The van der Waals surface area contributed by atoms with E-state index >= 15 is 0 Å². The molecule has 2 N–H and O–H groups in total. The van der Waals surface area contributed by atoms with E-state index in [0.29, 0.717) is 32.8 Å². The van der Waals surface area contributed by atoms with E-state index in [1.54, 1.807) is 18.7 Å². The van der Waals surface area contributed by atoms with Crippen molar-refractivity contribution >= 4 is 19.6 Å². The third-order valence-electron chi connectivity index (χ3n) is 3.88. The van der Waals surface area contributed by atoms with Crippen LogP contribution in [0.5, 0.6) is 0 Å². The molecular formula is C16H32N3O8P. The molecular weight excluding hydrogens is 393 g/mol. The molecule has 0 saturated carbocycles. The maximum absolute atomic E-state index is 12.6. The standard InChI is InChI=1S/C16H32N3O8P/c1-4-7-12-23-16(21)19-10-8-18(9-11-19)15(20)14(17)13-28(22,26-24-5-2)27-25-6-3/h14H,4-13,17H2,1-3H3/t14-/m0/s1. The van der Waals surface area contributed by atoms with Crippen molar-refractivity contribution in [2.45, 2.75) is 39.7 Å². The summed E-state index contributed by atoms with van der Waals surface area (Å²) < 4.78 is 27.3.